The maximum absolute atomic E-state index is 12.0. The Morgan fingerprint density at radius 1 is 1.27 bits per heavy atom. The van der Waals surface area contributed by atoms with Crippen molar-refractivity contribution >= 4 is 5.91 Å². The standard InChI is InChI=1S/C17H20N4O/c22-17(15-4-2-1-3-5-15)19-11-13-21-12-8-16(20-21)14-6-9-18-10-7-14/h1-2,6-10,12,15H,3-5,11,13H2,(H,19,22). The summed E-state index contributed by atoms with van der Waals surface area (Å²) in [6, 6.07) is 5.85. The molecule has 1 amide bonds. The Bertz CT molecular complexity index is 648. The highest BCUT2D eigenvalue weighted by Crippen LogP contribution is 2.18. The highest BCUT2D eigenvalue weighted by Gasteiger charge is 2.17. The Morgan fingerprint density at radius 2 is 2.14 bits per heavy atom. The molecule has 2 aromatic rings. The van der Waals surface area contributed by atoms with Crippen LogP contribution >= 0.6 is 0 Å². The van der Waals surface area contributed by atoms with E-state index in [0.717, 1.165) is 30.5 Å². The van der Waals surface area contributed by atoms with Crippen molar-refractivity contribution in [2.45, 2.75) is 25.8 Å². The van der Waals surface area contributed by atoms with E-state index in [1.54, 1.807) is 12.4 Å². The summed E-state index contributed by atoms with van der Waals surface area (Å²) in [5.41, 5.74) is 1.97. The Morgan fingerprint density at radius 3 is 2.91 bits per heavy atom. The predicted octanol–water partition coefficient (Wildman–Crippen LogP) is 2.42. The number of hydrogen-bond acceptors (Lipinski definition) is 3. The van der Waals surface area contributed by atoms with Gasteiger partial charge in [-0.15, -0.1) is 0 Å². The normalized spacial score (nSPS) is 17.4. The molecule has 0 bridgehead atoms. The van der Waals surface area contributed by atoms with E-state index in [2.05, 4.69) is 27.6 Å². The summed E-state index contributed by atoms with van der Waals surface area (Å²) in [7, 11) is 0. The quantitative estimate of drug-likeness (QED) is 0.862. The van der Waals surface area contributed by atoms with Crippen molar-refractivity contribution in [3.05, 3.63) is 48.9 Å². The molecule has 2 aromatic heterocycles. The van der Waals surface area contributed by atoms with Crippen LogP contribution in [0.1, 0.15) is 19.3 Å². The van der Waals surface area contributed by atoms with Crippen molar-refractivity contribution in [1.29, 1.82) is 0 Å². The number of allylic oxidation sites excluding steroid dienone is 2. The molecule has 22 heavy (non-hydrogen) atoms. The second-order valence-corrected chi connectivity index (χ2v) is 5.47. The SMILES string of the molecule is O=C(NCCn1ccc(-c2ccncc2)n1)C1CC=CCC1. The molecule has 0 aromatic carbocycles. The fourth-order valence-electron chi connectivity index (χ4n) is 2.63. The monoisotopic (exact) mass is 296 g/mol. The summed E-state index contributed by atoms with van der Waals surface area (Å²) < 4.78 is 1.86. The average Bonchev–Trinajstić information content (AvgIpc) is 3.05. The zero-order chi connectivity index (χ0) is 15.2. The Labute approximate surface area is 130 Å². The molecule has 5 nitrogen and oxygen atoms in total. The minimum absolute atomic E-state index is 0.134. The molecule has 1 aliphatic carbocycles. The Hall–Kier alpha value is -2.43. The molecule has 0 aliphatic heterocycles. The number of nitrogens with one attached hydrogen (secondary N) is 1. The Kier molecular flexibility index (Phi) is 4.63. The molecule has 1 unspecified atom stereocenters. The third-order valence-electron chi connectivity index (χ3n) is 3.90. The zero-order valence-electron chi connectivity index (χ0n) is 12.5. The number of pyridine rings is 1. The van der Waals surface area contributed by atoms with Crippen LogP contribution in [0.4, 0.5) is 0 Å². The summed E-state index contributed by atoms with van der Waals surface area (Å²) in [6.07, 6.45) is 12.5. The summed E-state index contributed by atoms with van der Waals surface area (Å²) in [5, 5.41) is 7.52. The molecular weight excluding hydrogens is 276 g/mol. The molecule has 0 saturated carbocycles. The van der Waals surface area contributed by atoms with Crippen LogP contribution in [-0.2, 0) is 11.3 Å². The summed E-state index contributed by atoms with van der Waals surface area (Å²) >= 11 is 0. The fourth-order valence-corrected chi connectivity index (χ4v) is 2.63. The number of aromatic nitrogens is 3. The van der Waals surface area contributed by atoms with Crippen molar-refractivity contribution < 1.29 is 4.79 Å². The average molecular weight is 296 g/mol. The van der Waals surface area contributed by atoms with E-state index in [-0.39, 0.29) is 11.8 Å². The second kappa shape index (κ2) is 7.02. The van der Waals surface area contributed by atoms with E-state index in [1.807, 2.05) is 29.1 Å². The van der Waals surface area contributed by atoms with Crippen LogP contribution in [-0.4, -0.2) is 27.2 Å². The molecule has 0 fully saturated rings. The molecule has 3 rings (SSSR count). The number of rotatable bonds is 5. The number of hydrogen-bond donors (Lipinski definition) is 1. The lowest BCUT2D eigenvalue weighted by atomic mass is 9.94. The zero-order valence-corrected chi connectivity index (χ0v) is 12.5. The van der Waals surface area contributed by atoms with Gasteiger partial charge in [0.1, 0.15) is 0 Å². The highest BCUT2D eigenvalue weighted by molar-refractivity contribution is 5.78. The van der Waals surface area contributed by atoms with Gasteiger partial charge in [0.15, 0.2) is 0 Å². The van der Waals surface area contributed by atoms with Gasteiger partial charge >= 0.3 is 0 Å². The maximum Gasteiger partial charge on any atom is 0.223 e. The van der Waals surface area contributed by atoms with Gasteiger partial charge in [-0.25, -0.2) is 0 Å². The lowest BCUT2D eigenvalue weighted by Crippen LogP contribution is -2.33. The van der Waals surface area contributed by atoms with E-state index >= 15 is 0 Å². The van der Waals surface area contributed by atoms with Crippen LogP contribution in [0.2, 0.25) is 0 Å². The molecule has 0 radical (unpaired) electrons. The summed E-state index contributed by atoms with van der Waals surface area (Å²) in [4.78, 5) is 16.0. The number of nitrogens with zero attached hydrogens (tertiary/aromatic N) is 3. The van der Waals surface area contributed by atoms with Gasteiger partial charge in [0, 0.05) is 36.6 Å². The van der Waals surface area contributed by atoms with Crippen molar-refractivity contribution in [1.82, 2.24) is 20.1 Å². The number of carbonyl (C=O) groups is 1. The molecule has 1 aliphatic rings. The van der Waals surface area contributed by atoms with E-state index < -0.39 is 0 Å². The minimum atomic E-state index is 0.134. The molecule has 0 spiro atoms. The predicted molar refractivity (Wildman–Crippen MR) is 84.9 cm³/mol. The molecule has 0 saturated heterocycles. The first kappa shape index (κ1) is 14.5. The number of carbonyl (C=O) groups excluding carboxylic acids is 1. The van der Waals surface area contributed by atoms with Crippen LogP contribution in [0.3, 0.4) is 0 Å². The first-order valence-corrected chi connectivity index (χ1v) is 7.69. The van der Waals surface area contributed by atoms with Gasteiger partial charge < -0.3 is 5.32 Å². The first-order valence-electron chi connectivity index (χ1n) is 7.69. The van der Waals surface area contributed by atoms with Gasteiger partial charge in [0.2, 0.25) is 5.91 Å². The van der Waals surface area contributed by atoms with E-state index in [9.17, 15) is 4.79 Å². The van der Waals surface area contributed by atoms with E-state index in [4.69, 9.17) is 0 Å². The second-order valence-electron chi connectivity index (χ2n) is 5.47. The Balaban J connectivity index is 1.49. The minimum Gasteiger partial charge on any atom is -0.354 e. The molecule has 5 heteroatoms. The van der Waals surface area contributed by atoms with Crippen molar-refractivity contribution in [2.24, 2.45) is 5.92 Å². The van der Waals surface area contributed by atoms with Gasteiger partial charge in [0.05, 0.1) is 12.2 Å². The van der Waals surface area contributed by atoms with Crippen LogP contribution < -0.4 is 5.32 Å². The van der Waals surface area contributed by atoms with Crippen molar-refractivity contribution in [2.75, 3.05) is 6.54 Å². The summed E-state index contributed by atoms with van der Waals surface area (Å²) in [5.74, 6) is 0.292. The molecular formula is C17H20N4O. The van der Waals surface area contributed by atoms with Gasteiger partial charge in [-0.2, -0.15) is 5.10 Å². The van der Waals surface area contributed by atoms with Gasteiger partial charge in [0.25, 0.3) is 0 Å². The van der Waals surface area contributed by atoms with Crippen LogP contribution in [0, 0.1) is 5.92 Å². The smallest absolute Gasteiger partial charge is 0.223 e. The largest absolute Gasteiger partial charge is 0.354 e. The van der Waals surface area contributed by atoms with E-state index in [1.165, 1.54) is 0 Å². The van der Waals surface area contributed by atoms with Crippen LogP contribution in [0.15, 0.2) is 48.9 Å². The molecule has 1 N–H and O–H groups in total. The van der Waals surface area contributed by atoms with Gasteiger partial charge in [-0.3, -0.25) is 14.5 Å². The van der Waals surface area contributed by atoms with Crippen LogP contribution in [0.5, 0.6) is 0 Å². The maximum atomic E-state index is 12.0. The lowest BCUT2D eigenvalue weighted by molar-refractivity contribution is -0.125. The molecule has 1 atom stereocenters. The fraction of sp³-hybridized carbons (Fsp3) is 0.353. The first-order chi connectivity index (χ1) is 10.8. The summed E-state index contributed by atoms with van der Waals surface area (Å²) in [6.45, 7) is 1.29. The van der Waals surface area contributed by atoms with E-state index in [0.29, 0.717) is 13.1 Å². The topological polar surface area (TPSA) is 59.8 Å². The lowest BCUT2D eigenvalue weighted by Gasteiger charge is -2.17. The van der Waals surface area contributed by atoms with Crippen molar-refractivity contribution in [3.8, 4) is 11.3 Å². The van der Waals surface area contributed by atoms with Crippen molar-refractivity contribution in [3.63, 3.8) is 0 Å². The van der Waals surface area contributed by atoms with Gasteiger partial charge in [-0.05, 0) is 37.5 Å². The third kappa shape index (κ3) is 3.61. The molecule has 114 valence electrons. The third-order valence-corrected chi connectivity index (χ3v) is 3.90. The number of amides is 1. The highest BCUT2D eigenvalue weighted by atomic mass is 16.1. The molecule has 2 heterocycles. The van der Waals surface area contributed by atoms with Gasteiger partial charge in [-0.1, -0.05) is 12.2 Å². The van der Waals surface area contributed by atoms with Crippen LogP contribution in [0.25, 0.3) is 11.3 Å².